The van der Waals surface area contributed by atoms with E-state index in [1.54, 1.807) is 0 Å². The monoisotopic (exact) mass is 589 g/mol. The van der Waals surface area contributed by atoms with E-state index in [4.69, 9.17) is 36.3 Å². The van der Waals surface area contributed by atoms with Gasteiger partial charge in [0.1, 0.15) is 17.9 Å². The number of carbonyl (C=O) groups excluding carboxylic acids is 2. The second kappa shape index (κ2) is 9.78. The van der Waals surface area contributed by atoms with Gasteiger partial charge >= 0.3 is 34.3 Å². The summed E-state index contributed by atoms with van der Waals surface area (Å²) in [6, 6.07) is 0. The molecule has 36 heavy (non-hydrogen) atoms. The van der Waals surface area contributed by atoms with Crippen LogP contribution in [0.25, 0.3) is 11.2 Å². The molecule has 198 valence electrons. The number of rotatable bonds is 6. The lowest BCUT2D eigenvalue weighted by Crippen LogP contribution is -2.40. The Kier molecular flexibility index (Phi) is 7.38. The molecule has 2 aliphatic heterocycles. The summed E-state index contributed by atoms with van der Waals surface area (Å²) in [6.07, 6.45) is -2.63. The number of hydrogen-bond donors (Lipinski definition) is 3. The Hall–Kier alpha value is -1.88. The number of aromatic nitrogens is 4. The smallest absolute Gasteiger partial charge is 0.456 e. The molecule has 0 amide bonds. The van der Waals surface area contributed by atoms with Crippen LogP contribution in [0.3, 0.4) is 0 Å². The molecule has 0 saturated carbocycles. The van der Waals surface area contributed by atoms with Crippen LogP contribution in [0.4, 0.5) is 5.82 Å². The highest BCUT2D eigenvalue weighted by molar-refractivity contribution is 8.11. The van der Waals surface area contributed by atoms with Crippen molar-refractivity contribution in [3.05, 3.63) is 12.7 Å². The van der Waals surface area contributed by atoms with Crippen molar-refractivity contribution in [2.45, 2.75) is 38.4 Å². The van der Waals surface area contributed by atoms with Crippen LogP contribution in [0.2, 0.25) is 0 Å². The second-order valence-corrected chi connectivity index (χ2v) is 13.5. The zero-order valence-electron chi connectivity index (χ0n) is 18.2. The van der Waals surface area contributed by atoms with Crippen LogP contribution in [-0.4, -0.2) is 66.2 Å². The van der Waals surface area contributed by atoms with Crippen molar-refractivity contribution in [2.75, 3.05) is 12.3 Å². The fourth-order valence-corrected chi connectivity index (χ4v) is 10.0. The van der Waals surface area contributed by atoms with E-state index in [2.05, 4.69) is 27.9 Å². The van der Waals surface area contributed by atoms with Crippen LogP contribution in [0, 0.1) is 0 Å². The molecule has 2 saturated heterocycles. The standard InChI is InChI=1S/C14H18N5O13P3S/c1-6(20)27-10-8(3-26-35(36)31-33(22,23)30-34(24,25)32-35)29-14(11(10)28-7(2)21)19-5-18-9-12(15)16-4-17-13(9)19/h4-5,8,10-11,14H,3H2,1-2H3,(H,22,23)(H,24,25)(H2,15,16,17)/t8-,10-,11-,14-/m1/s1. The van der Waals surface area contributed by atoms with E-state index in [-0.39, 0.29) is 17.0 Å². The molecule has 0 bridgehead atoms. The van der Waals surface area contributed by atoms with Gasteiger partial charge in [-0.25, -0.2) is 32.7 Å². The second-order valence-electron chi connectivity index (χ2n) is 7.22. The minimum atomic E-state index is -5.10. The van der Waals surface area contributed by atoms with E-state index in [0.717, 1.165) is 13.8 Å². The van der Waals surface area contributed by atoms with Crippen LogP contribution in [0.15, 0.2) is 12.7 Å². The molecule has 0 aliphatic carbocycles. The van der Waals surface area contributed by atoms with Gasteiger partial charge in [-0.05, 0) is 11.8 Å². The van der Waals surface area contributed by atoms with Crippen molar-refractivity contribution in [2.24, 2.45) is 0 Å². The summed E-state index contributed by atoms with van der Waals surface area (Å²) in [6.45, 7) is -2.81. The zero-order chi connectivity index (χ0) is 26.5. The predicted octanol–water partition coefficient (Wildman–Crippen LogP) is 0.675. The summed E-state index contributed by atoms with van der Waals surface area (Å²) in [7, 11) is -10.2. The van der Waals surface area contributed by atoms with E-state index < -0.39 is 65.4 Å². The van der Waals surface area contributed by atoms with E-state index in [9.17, 15) is 28.5 Å². The van der Waals surface area contributed by atoms with E-state index in [1.165, 1.54) is 17.2 Å². The van der Waals surface area contributed by atoms with Crippen molar-refractivity contribution < 1.29 is 60.2 Å². The molecule has 2 fully saturated rings. The third-order valence-corrected chi connectivity index (χ3v) is 11.4. The van der Waals surface area contributed by atoms with E-state index in [1.807, 2.05) is 0 Å². The maximum absolute atomic E-state index is 11.9. The number of hydrogen-bond acceptors (Lipinski definition) is 16. The van der Waals surface area contributed by atoms with Crippen LogP contribution in [0.1, 0.15) is 20.1 Å². The molecule has 4 heterocycles. The van der Waals surface area contributed by atoms with Crippen molar-refractivity contribution in [3.63, 3.8) is 0 Å². The number of imidazole rings is 1. The highest BCUT2D eigenvalue weighted by Crippen LogP contribution is 2.80. The number of fused-ring (bicyclic) bond motifs is 1. The number of nitrogens with two attached hydrogens (primary N) is 1. The number of phosphoric acid groups is 2. The average Bonchev–Trinajstić information content (AvgIpc) is 3.26. The maximum atomic E-state index is 11.9. The Morgan fingerprint density at radius 3 is 2.31 bits per heavy atom. The van der Waals surface area contributed by atoms with Crippen molar-refractivity contribution >= 4 is 63.1 Å². The molecule has 6 atom stereocenters. The van der Waals surface area contributed by atoms with Crippen molar-refractivity contribution in [3.8, 4) is 0 Å². The van der Waals surface area contributed by atoms with Gasteiger partial charge in [0.2, 0.25) is 0 Å². The largest absolute Gasteiger partial charge is 0.488 e. The SMILES string of the molecule is CC(=O)O[C@@H]1[C@H](OC(C)=O)[C@@H](COP2(=S)OP(=O)(O)OP(=O)(O)O2)O[C@H]1n1cnc2c(N)ncnc21. The van der Waals surface area contributed by atoms with Gasteiger partial charge in [0.15, 0.2) is 29.9 Å². The van der Waals surface area contributed by atoms with Gasteiger partial charge in [-0.2, -0.15) is 4.31 Å². The molecule has 4 N–H and O–H groups in total. The summed E-state index contributed by atoms with van der Waals surface area (Å²) >= 11 is 4.90. The Balaban J connectivity index is 1.66. The molecule has 0 spiro atoms. The van der Waals surface area contributed by atoms with Gasteiger partial charge < -0.3 is 34.3 Å². The fraction of sp³-hybridized carbons (Fsp3) is 0.500. The highest BCUT2D eigenvalue weighted by Gasteiger charge is 2.54. The highest BCUT2D eigenvalue weighted by atomic mass is 32.5. The Morgan fingerprint density at radius 1 is 1.08 bits per heavy atom. The van der Waals surface area contributed by atoms with Gasteiger partial charge in [-0.15, -0.1) is 0 Å². The van der Waals surface area contributed by atoms with Crippen molar-refractivity contribution in [1.29, 1.82) is 0 Å². The van der Waals surface area contributed by atoms with Gasteiger partial charge in [0.25, 0.3) is 0 Å². The number of nitrogen functional groups attached to an aromatic ring is 1. The molecule has 0 aromatic carbocycles. The minimum Gasteiger partial charge on any atom is -0.456 e. The first-order chi connectivity index (χ1) is 16.7. The minimum absolute atomic E-state index is 0.0609. The molecule has 0 radical (unpaired) electrons. The summed E-state index contributed by atoms with van der Waals surface area (Å²) < 4.78 is 59.9. The lowest BCUT2D eigenvalue weighted by Gasteiger charge is -2.30. The average molecular weight is 589 g/mol. The topological polar surface area (TPSA) is 243 Å². The molecule has 22 heteroatoms. The molecule has 4 rings (SSSR count). The first-order valence-corrected chi connectivity index (χ1v) is 15.2. The number of esters is 2. The first kappa shape index (κ1) is 27.2. The molecular formula is C14H18N5O13P3S. The predicted molar refractivity (Wildman–Crippen MR) is 118 cm³/mol. The lowest BCUT2D eigenvalue weighted by molar-refractivity contribution is -0.165. The summed E-state index contributed by atoms with van der Waals surface area (Å²) in [5.74, 6) is -1.47. The molecule has 2 unspecified atom stereocenters. The normalized spacial score (nSPS) is 36.6. The van der Waals surface area contributed by atoms with Crippen LogP contribution in [0.5, 0.6) is 0 Å². The number of nitrogens with zero attached hydrogens (tertiary/aromatic N) is 4. The molecule has 2 aromatic heterocycles. The zero-order valence-corrected chi connectivity index (χ0v) is 21.7. The Labute approximate surface area is 206 Å². The van der Waals surface area contributed by atoms with Crippen LogP contribution >= 0.6 is 22.4 Å². The van der Waals surface area contributed by atoms with E-state index >= 15 is 0 Å². The number of carbonyl (C=O) groups is 2. The molecule has 18 nitrogen and oxygen atoms in total. The summed E-state index contributed by atoms with van der Waals surface area (Å²) in [4.78, 5) is 54.8. The van der Waals surface area contributed by atoms with Crippen LogP contribution < -0.4 is 5.73 Å². The maximum Gasteiger partial charge on any atom is 0.488 e. The number of anilines is 1. The summed E-state index contributed by atoms with van der Waals surface area (Å²) in [5, 5.41) is 0. The van der Waals surface area contributed by atoms with E-state index in [0.29, 0.717) is 0 Å². The van der Waals surface area contributed by atoms with Gasteiger partial charge in [-0.1, -0.05) is 0 Å². The Bertz CT molecular complexity index is 1330. The van der Waals surface area contributed by atoms with Gasteiger partial charge in [0, 0.05) is 13.8 Å². The first-order valence-electron chi connectivity index (χ1n) is 9.66. The van der Waals surface area contributed by atoms with Crippen molar-refractivity contribution in [1.82, 2.24) is 19.5 Å². The third-order valence-electron chi connectivity index (χ3n) is 4.56. The third kappa shape index (κ3) is 5.82. The van der Waals surface area contributed by atoms with Gasteiger partial charge in [-0.3, -0.25) is 14.2 Å². The molecular weight excluding hydrogens is 571 g/mol. The van der Waals surface area contributed by atoms with Crippen LogP contribution in [-0.2, 0) is 62.2 Å². The summed E-state index contributed by atoms with van der Waals surface area (Å²) in [5.41, 5.74) is 6.22. The molecule has 2 aliphatic rings. The Morgan fingerprint density at radius 2 is 1.69 bits per heavy atom. The fourth-order valence-electron chi connectivity index (χ4n) is 3.41. The number of ether oxygens (including phenoxy) is 3. The lowest BCUT2D eigenvalue weighted by atomic mass is 10.1. The quantitative estimate of drug-likeness (QED) is 0.310. The van der Waals surface area contributed by atoms with Gasteiger partial charge in [0.05, 0.1) is 12.9 Å². The molecule has 2 aromatic rings.